The number of fused-ring (bicyclic) bond motifs is 1. The Labute approximate surface area is 171 Å². The lowest BCUT2D eigenvalue weighted by Gasteiger charge is -2.36. The lowest BCUT2D eigenvalue weighted by atomic mass is 9.94. The predicted molar refractivity (Wildman–Crippen MR) is 109 cm³/mol. The van der Waals surface area contributed by atoms with Gasteiger partial charge in [0.05, 0.1) is 35.3 Å². The first-order valence-corrected chi connectivity index (χ1v) is 10.6. The van der Waals surface area contributed by atoms with Gasteiger partial charge in [-0.05, 0) is 32.8 Å². The van der Waals surface area contributed by atoms with Crippen LogP contribution in [-0.2, 0) is 9.53 Å². The first kappa shape index (κ1) is 20.0. The Morgan fingerprint density at radius 2 is 2.14 bits per heavy atom. The van der Waals surface area contributed by atoms with E-state index >= 15 is 0 Å². The lowest BCUT2D eigenvalue weighted by Crippen LogP contribution is -2.36. The molecule has 1 aromatic heterocycles. The van der Waals surface area contributed by atoms with Crippen molar-refractivity contribution in [2.75, 3.05) is 24.8 Å². The van der Waals surface area contributed by atoms with Gasteiger partial charge in [-0.1, -0.05) is 6.07 Å². The van der Waals surface area contributed by atoms with E-state index in [4.69, 9.17) is 9.47 Å². The third-order valence-electron chi connectivity index (χ3n) is 5.39. The summed E-state index contributed by atoms with van der Waals surface area (Å²) in [5.41, 5.74) is 0.0691. The maximum absolute atomic E-state index is 14.8. The number of benzene rings is 1. The number of carbonyl (C=O) groups is 1. The molecule has 29 heavy (non-hydrogen) atoms. The van der Waals surface area contributed by atoms with Crippen LogP contribution in [0, 0.1) is 5.82 Å². The van der Waals surface area contributed by atoms with Crippen molar-refractivity contribution in [3.63, 3.8) is 0 Å². The molecule has 0 saturated carbocycles. The minimum atomic E-state index is -0.604. The Bertz CT molecular complexity index is 1000. The number of methoxy groups -OCH3 is 1. The molecule has 0 spiro atoms. The van der Waals surface area contributed by atoms with E-state index in [0.717, 1.165) is 0 Å². The maximum Gasteiger partial charge on any atom is 0.270 e. The average Bonchev–Trinajstić information content (AvgIpc) is 2.87. The normalized spacial score (nSPS) is 23.8. The highest BCUT2D eigenvalue weighted by Crippen LogP contribution is 2.43. The molecule has 2 atom stereocenters. The van der Waals surface area contributed by atoms with E-state index in [0.29, 0.717) is 42.1 Å². The highest BCUT2D eigenvalue weighted by atomic mass is 32.2. The summed E-state index contributed by atoms with van der Waals surface area (Å²) in [7, 11) is 1.47. The molecule has 2 aromatic rings. The highest BCUT2D eigenvalue weighted by Gasteiger charge is 2.36. The number of rotatable bonds is 3. The maximum atomic E-state index is 14.8. The van der Waals surface area contributed by atoms with Gasteiger partial charge in [-0.15, -0.1) is 11.8 Å². The second kappa shape index (κ2) is 7.53. The molecule has 1 fully saturated rings. The number of halogens is 1. The topological polar surface area (TPSA) is 85.4 Å². The Balaban J connectivity index is 1.81. The van der Waals surface area contributed by atoms with Gasteiger partial charge in [0, 0.05) is 18.2 Å². The molecule has 2 unspecified atom stereocenters. The molecule has 1 amide bonds. The predicted octanol–water partition coefficient (Wildman–Crippen LogP) is 3.23. The second-order valence-electron chi connectivity index (χ2n) is 7.95. The van der Waals surface area contributed by atoms with Crippen molar-refractivity contribution in [2.24, 2.45) is 0 Å². The Morgan fingerprint density at radius 1 is 1.34 bits per heavy atom. The SMILES string of the molecule is COc1ccc(C2SCC(=O)Nc3c2c(=O)[nH]n3C2CCOC(C)(C)C2)c(F)c1. The molecule has 2 aliphatic heterocycles. The number of carbonyl (C=O) groups excluding carboxylic acids is 1. The number of nitrogens with one attached hydrogen (secondary N) is 2. The molecule has 9 heteroatoms. The van der Waals surface area contributed by atoms with Gasteiger partial charge in [0.1, 0.15) is 17.4 Å². The quantitative estimate of drug-likeness (QED) is 0.795. The van der Waals surface area contributed by atoms with Crippen LogP contribution in [0.2, 0.25) is 0 Å². The molecule has 156 valence electrons. The molecule has 2 aliphatic rings. The van der Waals surface area contributed by atoms with Gasteiger partial charge >= 0.3 is 0 Å². The van der Waals surface area contributed by atoms with Gasteiger partial charge in [0.2, 0.25) is 5.91 Å². The van der Waals surface area contributed by atoms with Gasteiger partial charge < -0.3 is 14.8 Å². The summed E-state index contributed by atoms with van der Waals surface area (Å²) >= 11 is 1.24. The summed E-state index contributed by atoms with van der Waals surface area (Å²) in [6.07, 6.45) is 1.40. The zero-order chi connectivity index (χ0) is 20.8. The van der Waals surface area contributed by atoms with Crippen LogP contribution in [0.3, 0.4) is 0 Å². The van der Waals surface area contributed by atoms with Crippen LogP contribution >= 0.6 is 11.8 Å². The van der Waals surface area contributed by atoms with Crippen LogP contribution in [0.1, 0.15) is 49.1 Å². The van der Waals surface area contributed by atoms with Crippen LogP contribution in [0.4, 0.5) is 10.2 Å². The summed E-state index contributed by atoms with van der Waals surface area (Å²) in [5, 5.41) is 5.14. The Kier molecular flexibility index (Phi) is 5.20. The van der Waals surface area contributed by atoms with Gasteiger partial charge in [0.25, 0.3) is 5.56 Å². The fraction of sp³-hybridized carbons (Fsp3) is 0.500. The van der Waals surface area contributed by atoms with Crippen LogP contribution in [0.25, 0.3) is 0 Å². The summed E-state index contributed by atoms with van der Waals surface area (Å²) in [6.45, 7) is 4.57. The molecule has 7 nitrogen and oxygen atoms in total. The number of aromatic amines is 1. The van der Waals surface area contributed by atoms with E-state index in [1.165, 1.54) is 24.9 Å². The smallest absolute Gasteiger partial charge is 0.270 e. The fourth-order valence-corrected chi connectivity index (χ4v) is 5.18. The largest absolute Gasteiger partial charge is 0.497 e. The number of nitrogens with zero attached hydrogens (tertiary/aromatic N) is 1. The Hall–Kier alpha value is -2.26. The Morgan fingerprint density at radius 3 is 2.83 bits per heavy atom. The number of amides is 1. The van der Waals surface area contributed by atoms with Crippen molar-refractivity contribution in [2.45, 2.75) is 43.6 Å². The molecule has 1 aromatic carbocycles. The number of ether oxygens (including phenoxy) is 2. The number of H-pyrrole nitrogens is 1. The molecule has 0 aliphatic carbocycles. The van der Waals surface area contributed by atoms with E-state index in [9.17, 15) is 14.0 Å². The molecule has 4 rings (SSSR count). The number of hydrogen-bond acceptors (Lipinski definition) is 5. The molecule has 0 bridgehead atoms. The van der Waals surface area contributed by atoms with Crippen molar-refractivity contribution in [3.8, 4) is 5.75 Å². The monoisotopic (exact) mass is 421 g/mol. The van der Waals surface area contributed by atoms with Crippen LogP contribution in [0.5, 0.6) is 5.75 Å². The van der Waals surface area contributed by atoms with E-state index in [1.54, 1.807) is 16.8 Å². The van der Waals surface area contributed by atoms with E-state index in [2.05, 4.69) is 10.4 Å². The van der Waals surface area contributed by atoms with E-state index in [1.807, 2.05) is 13.8 Å². The first-order chi connectivity index (χ1) is 13.8. The third-order valence-corrected chi connectivity index (χ3v) is 6.64. The number of aromatic nitrogens is 2. The van der Waals surface area contributed by atoms with Crippen LogP contribution < -0.4 is 15.6 Å². The lowest BCUT2D eigenvalue weighted by molar-refractivity contribution is -0.113. The summed E-state index contributed by atoms with van der Waals surface area (Å²) in [5.74, 6) is 0.264. The minimum absolute atomic E-state index is 0.0278. The summed E-state index contributed by atoms with van der Waals surface area (Å²) in [6, 6.07) is 4.53. The summed E-state index contributed by atoms with van der Waals surface area (Å²) in [4.78, 5) is 25.3. The zero-order valence-corrected chi connectivity index (χ0v) is 17.4. The molecular formula is C20H24FN3O4S. The summed E-state index contributed by atoms with van der Waals surface area (Å²) < 4.78 is 27.4. The number of anilines is 1. The van der Waals surface area contributed by atoms with Crippen LogP contribution in [-0.4, -0.2) is 40.8 Å². The van der Waals surface area contributed by atoms with Gasteiger partial charge in [-0.3, -0.25) is 19.4 Å². The average molecular weight is 421 g/mol. The van der Waals surface area contributed by atoms with E-state index < -0.39 is 11.1 Å². The third kappa shape index (κ3) is 3.81. The first-order valence-electron chi connectivity index (χ1n) is 9.52. The molecule has 1 saturated heterocycles. The van der Waals surface area contributed by atoms with Crippen LogP contribution in [0.15, 0.2) is 23.0 Å². The number of thioether (sulfide) groups is 1. The van der Waals surface area contributed by atoms with Crippen molar-refractivity contribution >= 4 is 23.5 Å². The van der Waals surface area contributed by atoms with E-state index in [-0.39, 0.29) is 28.9 Å². The zero-order valence-electron chi connectivity index (χ0n) is 16.6. The molecular weight excluding hydrogens is 397 g/mol. The number of hydrogen-bond donors (Lipinski definition) is 2. The molecule has 3 heterocycles. The van der Waals surface area contributed by atoms with Crippen molar-refractivity contribution in [1.82, 2.24) is 9.78 Å². The van der Waals surface area contributed by atoms with Gasteiger partial charge in [-0.25, -0.2) is 4.39 Å². The highest BCUT2D eigenvalue weighted by molar-refractivity contribution is 8.00. The van der Waals surface area contributed by atoms with Crippen molar-refractivity contribution in [1.29, 1.82) is 0 Å². The van der Waals surface area contributed by atoms with Crippen molar-refractivity contribution in [3.05, 3.63) is 45.5 Å². The fourth-order valence-electron chi connectivity index (χ4n) is 4.03. The van der Waals surface area contributed by atoms with Gasteiger partial charge in [0.15, 0.2) is 0 Å². The van der Waals surface area contributed by atoms with Crippen molar-refractivity contribution < 1.29 is 18.7 Å². The molecule has 0 radical (unpaired) electrons. The molecule has 2 N–H and O–H groups in total. The standard InChI is InChI=1S/C20H24FN3O4S/c1-20(2)9-11(6-7-28-20)24-18-16(19(26)23-24)17(29-10-15(25)22-18)13-5-4-12(27-3)8-14(13)21/h4-5,8,11,17H,6-7,9-10H2,1-3H3,(H,22,25)(H,23,26). The second-order valence-corrected chi connectivity index (χ2v) is 9.05. The minimum Gasteiger partial charge on any atom is -0.497 e. The van der Waals surface area contributed by atoms with Gasteiger partial charge in [-0.2, -0.15) is 0 Å².